The largest absolute Gasteiger partial charge is 0.568 e. The number of hydrogen-bond donors (Lipinski definition) is 0. The van der Waals surface area contributed by atoms with Crippen molar-refractivity contribution in [1.29, 1.82) is 0 Å². The Hall–Kier alpha value is 0.190. The minimum absolute atomic E-state index is 0.894. The Morgan fingerprint density at radius 3 is 2.17 bits per heavy atom. The molecule has 0 aromatic rings. The quantitative estimate of drug-likeness (QED) is 0.333. The molecule has 0 aliphatic rings. The minimum atomic E-state index is -3.43. The van der Waals surface area contributed by atoms with Gasteiger partial charge >= 0.3 is 21.1 Å². The SMILES string of the molecule is C=CO[I+2]([O-])[O-]. The average Bonchev–Trinajstić information content (AvgIpc) is 1.35. The summed E-state index contributed by atoms with van der Waals surface area (Å²) in [5.41, 5.74) is 0. The van der Waals surface area contributed by atoms with E-state index in [1.54, 1.807) is 0 Å². The summed E-state index contributed by atoms with van der Waals surface area (Å²) in [5, 5.41) is 0. The first-order valence-electron chi connectivity index (χ1n) is 1.11. The molecular formula is C2H3IO3. The van der Waals surface area contributed by atoms with E-state index in [1.807, 2.05) is 0 Å². The van der Waals surface area contributed by atoms with Crippen LogP contribution in [0.2, 0.25) is 0 Å². The van der Waals surface area contributed by atoms with Gasteiger partial charge in [-0.3, -0.25) is 0 Å². The predicted octanol–water partition coefficient (Wildman–Crippen LogP) is -4.76. The van der Waals surface area contributed by atoms with Crippen LogP contribution in [0, 0.1) is 0 Å². The topological polar surface area (TPSA) is 55.3 Å². The third-order valence-electron chi connectivity index (χ3n) is 0.136. The molecule has 0 spiro atoms. The molecule has 0 fully saturated rings. The highest BCUT2D eigenvalue weighted by molar-refractivity contribution is 4.40. The Balaban J connectivity index is 2.81. The van der Waals surface area contributed by atoms with Crippen molar-refractivity contribution in [1.82, 2.24) is 0 Å². The van der Waals surface area contributed by atoms with Crippen LogP contribution in [0.25, 0.3) is 0 Å². The van der Waals surface area contributed by atoms with E-state index in [0.717, 1.165) is 6.26 Å². The summed E-state index contributed by atoms with van der Waals surface area (Å²) in [6.07, 6.45) is 0.894. The third-order valence-corrected chi connectivity index (χ3v) is 0.911. The second-order valence-electron chi connectivity index (χ2n) is 0.445. The molecule has 0 unspecified atom stereocenters. The molecule has 0 radical (unpaired) electrons. The van der Waals surface area contributed by atoms with Crippen LogP contribution in [0.3, 0.4) is 0 Å². The second-order valence-corrected chi connectivity index (χ2v) is 2.03. The maximum atomic E-state index is 9.43. The molecular weight excluding hydrogens is 199 g/mol. The van der Waals surface area contributed by atoms with Crippen LogP contribution in [-0.2, 0) is 3.07 Å². The van der Waals surface area contributed by atoms with Gasteiger partial charge in [-0.15, -0.1) is 0 Å². The Bertz CT molecular complexity index is 44.1. The maximum absolute atomic E-state index is 9.43. The average molecular weight is 202 g/mol. The summed E-state index contributed by atoms with van der Waals surface area (Å²) >= 11 is -3.43. The van der Waals surface area contributed by atoms with Crippen LogP contribution in [-0.4, -0.2) is 0 Å². The van der Waals surface area contributed by atoms with Crippen molar-refractivity contribution in [3.8, 4) is 0 Å². The van der Waals surface area contributed by atoms with E-state index in [9.17, 15) is 6.87 Å². The summed E-state index contributed by atoms with van der Waals surface area (Å²) < 4.78 is 22.7. The van der Waals surface area contributed by atoms with E-state index in [1.165, 1.54) is 0 Å². The number of hydrogen-bond acceptors (Lipinski definition) is 3. The molecule has 0 atom stereocenters. The van der Waals surface area contributed by atoms with E-state index in [-0.39, 0.29) is 0 Å². The van der Waals surface area contributed by atoms with Gasteiger partial charge in [0.25, 0.3) is 0 Å². The standard InChI is InChI=1S/C2H3IO3/c1-2-6-3(4)5/h2H,1H2. The molecule has 0 saturated heterocycles. The lowest BCUT2D eigenvalue weighted by Gasteiger charge is -1.80. The van der Waals surface area contributed by atoms with Crippen molar-refractivity contribution in [2.45, 2.75) is 0 Å². The van der Waals surface area contributed by atoms with Gasteiger partial charge in [-0.05, 0) is 0 Å². The molecule has 6 heavy (non-hydrogen) atoms. The van der Waals surface area contributed by atoms with E-state index in [0.29, 0.717) is 0 Å². The molecule has 36 valence electrons. The van der Waals surface area contributed by atoms with E-state index in [2.05, 4.69) is 9.65 Å². The molecule has 4 heteroatoms. The molecule has 0 bridgehead atoms. The summed E-state index contributed by atoms with van der Waals surface area (Å²) in [7, 11) is 0. The number of rotatable bonds is 2. The molecule has 0 rings (SSSR count). The smallest absolute Gasteiger partial charge is 0.385 e. The first-order chi connectivity index (χ1) is 2.77. The highest BCUT2D eigenvalue weighted by Crippen LogP contribution is 1.40. The molecule has 0 saturated carbocycles. The van der Waals surface area contributed by atoms with Crippen LogP contribution in [0.1, 0.15) is 0 Å². The van der Waals surface area contributed by atoms with E-state index < -0.39 is 21.1 Å². The normalized spacial score (nSPS) is 8.50. The predicted molar refractivity (Wildman–Crippen MR) is 11.3 cm³/mol. The third kappa shape index (κ3) is 4.19. The van der Waals surface area contributed by atoms with Gasteiger partial charge in [-0.1, -0.05) is 6.58 Å². The molecule has 3 nitrogen and oxygen atoms in total. The van der Waals surface area contributed by atoms with E-state index >= 15 is 0 Å². The zero-order valence-corrected chi connectivity index (χ0v) is 5.04. The first kappa shape index (κ1) is 6.19. The van der Waals surface area contributed by atoms with Crippen molar-refractivity contribution in [3.05, 3.63) is 12.8 Å². The van der Waals surface area contributed by atoms with Crippen molar-refractivity contribution in [2.24, 2.45) is 0 Å². The molecule has 0 aliphatic carbocycles. The van der Waals surface area contributed by atoms with Crippen LogP contribution >= 0.6 is 0 Å². The summed E-state index contributed by atoms with van der Waals surface area (Å²) in [6.45, 7) is 3.02. The first-order valence-corrected chi connectivity index (χ1v) is 3.75. The Kier molecular flexibility index (Phi) is 3.49. The molecule has 0 aromatic heterocycles. The van der Waals surface area contributed by atoms with Gasteiger partial charge in [0.2, 0.25) is 0 Å². The minimum Gasteiger partial charge on any atom is -0.385 e. The summed E-state index contributed by atoms with van der Waals surface area (Å²) in [4.78, 5) is 0. The Morgan fingerprint density at radius 1 is 1.67 bits per heavy atom. The molecule has 0 heterocycles. The molecule has 0 aliphatic heterocycles. The van der Waals surface area contributed by atoms with Gasteiger partial charge in [0.05, 0.1) is 0 Å². The highest BCUT2D eigenvalue weighted by Gasteiger charge is 2.04. The lowest BCUT2D eigenvalue weighted by molar-refractivity contribution is -1.63. The Labute approximate surface area is 44.3 Å². The van der Waals surface area contributed by atoms with Crippen molar-refractivity contribution in [3.63, 3.8) is 0 Å². The van der Waals surface area contributed by atoms with Gasteiger partial charge < -0.3 is 6.87 Å². The fourth-order valence-corrected chi connectivity index (χ4v) is 0.345. The van der Waals surface area contributed by atoms with Crippen LogP contribution in [0.15, 0.2) is 12.8 Å². The lowest BCUT2D eigenvalue weighted by Crippen LogP contribution is -3.98. The molecule has 0 N–H and O–H groups in total. The lowest BCUT2D eigenvalue weighted by atomic mass is 11.2. The number of halogens is 1. The van der Waals surface area contributed by atoms with Crippen LogP contribution < -0.4 is 27.9 Å². The van der Waals surface area contributed by atoms with Gasteiger partial charge in [-0.2, -0.15) is 3.07 Å². The monoisotopic (exact) mass is 202 g/mol. The van der Waals surface area contributed by atoms with Crippen molar-refractivity contribution < 1.29 is 31.0 Å². The van der Waals surface area contributed by atoms with Crippen LogP contribution in [0.5, 0.6) is 0 Å². The van der Waals surface area contributed by atoms with Crippen LogP contribution in [0.4, 0.5) is 0 Å². The zero-order chi connectivity index (χ0) is 4.99. The fraction of sp³-hybridized carbons (Fsp3) is 0. The highest BCUT2D eigenvalue weighted by atomic mass is 127. The van der Waals surface area contributed by atoms with Gasteiger partial charge in [0.1, 0.15) is 0 Å². The zero-order valence-electron chi connectivity index (χ0n) is 2.89. The summed E-state index contributed by atoms with van der Waals surface area (Å²) in [6, 6.07) is 0. The molecule has 0 aromatic carbocycles. The van der Waals surface area contributed by atoms with Gasteiger partial charge in [-0.25, -0.2) is 0 Å². The van der Waals surface area contributed by atoms with Crippen molar-refractivity contribution in [2.75, 3.05) is 0 Å². The fourth-order valence-electron chi connectivity index (χ4n) is 0.0514. The Morgan fingerprint density at radius 2 is 2.17 bits per heavy atom. The maximum Gasteiger partial charge on any atom is 0.568 e. The van der Waals surface area contributed by atoms with Gasteiger partial charge in [0, 0.05) is 0 Å². The summed E-state index contributed by atoms with van der Waals surface area (Å²) in [5.74, 6) is 0. The second kappa shape index (κ2) is 3.38. The van der Waals surface area contributed by atoms with Crippen molar-refractivity contribution >= 4 is 0 Å². The molecule has 0 amide bonds. The van der Waals surface area contributed by atoms with Gasteiger partial charge in [0.15, 0.2) is 6.26 Å². The van der Waals surface area contributed by atoms with E-state index in [4.69, 9.17) is 0 Å².